The van der Waals surface area contributed by atoms with Gasteiger partial charge in [0.1, 0.15) is 4.21 Å². The Kier molecular flexibility index (Phi) is 3.70. The first kappa shape index (κ1) is 13.7. The highest BCUT2D eigenvalue weighted by molar-refractivity contribution is 7.91. The summed E-state index contributed by atoms with van der Waals surface area (Å²) in [5.74, 6) is -0.366. The number of nitrogens with one attached hydrogen (secondary N) is 1. The molecule has 0 radical (unpaired) electrons. The summed E-state index contributed by atoms with van der Waals surface area (Å²) < 4.78 is 22.2. The lowest BCUT2D eigenvalue weighted by molar-refractivity contribution is 0.102. The predicted molar refractivity (Wildman–Crippen MR) is 74.8 cm³/mol. The van der Waals surface area contributed by atoms with Crippen LogP contribution in [0.3, 0.4) is 0 Å². The first-order chi connectivity index (χ1) is 8.86. The first-order valence-corrected chi connectivity index (χ1v) is 7.78. The quantitative estimate of drug-likeness (QED) is 0.907. The molecule has 1 heterocycles. The van der Waals surface area contributed by atoms with Crippen LogP contribution in [-0.2, 0) is 10.0 Å². The zero-order valence-electron chi connectivity index (χ0n) is 10.1. The van der Waals surface area contributed by atoms with E-state index in [-0.39, 0.29) is 15.7 Å². The van der Waals surface area contributed by atoms with E-state index in [4.69, 9.17) is 5.14 Å². The van der Waals surface area contributed by atoms with Crippen LogP contribution in [0.4, 0.5) is 5.69 Å². The van der Waals surface area contributed by atoms with Crippen LogP contribution in [0.1, 0.15) is 15.9 Å². The van der Waals surface area contributed by atoms with E-state index in [0.29, 0.717) is 5.69 Å². The Hall–Kier alpha value is -1.70. The average Bonchev–Trinajstić information content (AvgIpc) is 2.81. The largest absolute Gasteiger partial charge is 0.322 e. The Labute approximate surface area is 115 Å². The van der Waals surface area contributed by atoms with Crippen LogP contribution in [0, 0.1) is 6.92 Å². The lowest BCUT2D eigenvalue weighted by Crippen LogP contribution is -2.12. The highest BCUT2D eigenvalue weighted by Gasteiger charge is 2.15. The number of primary sulfonamides is 1. The molecule has 0 aliphatic rings. The zero-order chi connectivity index (χ0) is 14.0. The van der Waals surface area contributed by atoms with Gasteiger partial charge in [0.2, 0.25) is 10.0 Å². The SMILES string of the molecule is Cc1ccc(NC(=O)c2csc(S(N)(=O)=O)c2)cc1. The Balaban J connectivity index is 2.16. The Morgan fingerprint density at radius 2 is 1.89 bits per heavy atom. The molecule has 0 aliphatic heterocycles. The minimum Gasteiger partial charge on any atom is -0.322 e. The van der Waals surface area contributed by atoms with Crippen molar-refractivity contribution in [3.8, 4) is 0 Å². The number of hydrogen-bond donors (Lipinski definition) is 2. The predicted octanol–water partition coefficient (Wildman–Crippen LogP) is 1.96. The van der Waals surface area contributed by atoms with Crippen LogP contribution in [0.25, 0.3) is 0 Å². The summed E-state index contributed by atoms with van der Waals surface area (Å²) in [6, 6.07) is 8.57. The molecule has 2 aromatic rings. The molecule has 1 aromatic heterocycles. The van der Waals surface area contributed by atoms with Crippen molar-refractivity contribution in [3.63, 3.8) is 0 Å². The van der Waals surface area contributed by atoms with Gasteiger partial charge >= 0.3 is 0 Å². The lowest BCUT2D eigenvalue weighted by atomic mass is 10.2. The number of amides is 1. The molecule has 0 bridgehead atoms. The van der Waals surface area contributed by atoms with Crippen molar-refractivity contribution in [1.82, 2.24) is 0 Å². The van der Waals surface area contributed by atoms with Crippen molar-refractivity contribution in [3.05, 3.63) is 46.8 Å². The molecule has 0 aliphatic carbocycles. The van der Waals surface area contributed by atoms with Crippen LogP contribution < -0.4 is 10.5 Å². The van der Waals surface area contributed by atoms with Gasteiger partial charge in [0.15, 0.2) is 0 Å². The topological polar surface area (TPSA) is 89.3 Å². The van der Waals surface area contributed by atoms with E-state index >= 15 is 0 Å². The van der Waals surface area contributed by atoms with Crippen molar-refractivity contribution in [1.29, 1.82) is 0 Å². The normalized spacial score (nSPS) is 11.3. The third-order valence-electron chi connectivity index (χ3n) is 2.43. The summed E-state index contributed by atoms with van der Waals surface area (Å²) in [6.45, 7) is 1.95. The summed E-state index contributed by atoms with van der Waals surface area (Å²) >= 11 is 0.924. The van der Waals surface area contributed by atoms with Gasteiger partial charge < -0.3 is 5.32 Å². The summed E-state index contributed by atoms with van der Waals surface area (Å²) in [6.07, 6.45) is 0. The maximum Gasteiger partial charge on any atom is 0.256 e. The van der Waals surface area contributed by atoms with E-state index in [2.05, 4.69) is 5.32 Å². The van der Waals surface area contributed by atoms with E-state index < -0.39 is 10.0 Å². The van der Waals surface area contributed by atoms with Crippen molar-refractivity contribution >= 4 is 33.0 Å². The van der Waals surface area contributed by atoms with Gasteiger partial charge in [-0.05, 0) is 25.1 Å². The molecular formula is C12H12N2O3S2. The van der Waals surface area contributed by atoms with Gasteiger partial charge in [-0.2, -0.15) is 0 Å². The molecule has 0 saturated carbocycles. The number of hydrogen-bond acceptors (Lipinski definition) is 4. The van der Waals surface area contributed by atoms with Crippen LogP contribution in [-0.4, -0.2) is 14.3 Å². The second-order valence-corrected chi connectivity index (χ2v) is 6.72. The molecule has 2 rings (SSSR count). The number of nitrogens with two attached hydrogens (primary N) is 1. The van der Waals surface area contributed by atoms with Crippen LogP contribution in [0.2, 0.25) is 0 Å². The fourth-order valence-corrected chi connectivity index (χ4v) is 3.01. The zero-order valence-corrected chi connectivity index (χ0v) is 11.7. The van der Waals surface area contributed by atoms with E-state index in [9.17, 15) is 13.2 Å². The fraction of sp³-hybridized carbons (Fsp3) is 0.0833. The third kappa shape index (κ3) is 3.40. The number of rotatable bonds is 3. The minimum absolute atomic E-state index is 0.0263. The van der Waals surface area contributed by atoms with Crippen LogP contribution >= 0.6 is 11.3 Å². The molecule has 0 unspecified atom stereocenters. The molecule has 0 saturated heterocycles. The number of anilines is 1. The average molecular weight is 296 g/mol. The van der Waals surface area contributed by atoms with Gasteiger partial charge in [-0.1, -0.05) is 17.7 Å². The molecule has 5 nitrogen and oxygen atoms in total. The van der Waals surface area contributed by atoms with Crippen molar-refractivity contribution in [2.45, 2.75) is 11.1 Å². The van der Waals surface area contributed by atoms with Crippen LogP contribution in [0.5, 0.6) is 0 Å². The molecule has 0 atom stereocenters. The van der Waals surface area contributed by atoms with Gasteiger partial charge in [0, 0.05) is 11.1 Å². The van der Waals surface area contributed by atoms with Gasteiger partial charge in [-0.15, -0.1) is 11.3 Å². The van der Waals surface area contributed by atoms with E-state index in [1.165, 1.54) is 11.4 Å². The van der Waals surface area contributed by atoms with Crippen LogP contribution in [0.15, 0.2) is 39.9 Å². The Bertz CT molecular complexity index is 703. The summed E-state index contributed by atoms with van der Waals surface area (Å²) in [7, 11) is -3.76. The number of benzene rings is 1. The monoisotopic (exact) mass is 296 g/mol. The number of aryl methyl sites for hydroxylation is 1. The fourth-order valence-electron chi connectivity index (χ4n) is 1.42. The molecule has 19 heavy (non-hydrogen) atoms. The highest BCUT2D eigenvalue weighted by atomic mass is 32.2. The number of carbonyl (C=O) groups excluding carboxylic acids is 1. The van der Waals surface area contributed by atoms with Crippen molar-refractivity contribution in [2.24, 2.45) is 5.14 Å². The lowest BCUT2D eigenvalue weighted by Gasteiger charge is -2.03. The summed E-state index contributed by atoms with van der Waals surface area (Å²) in [5.41, 5.74) is 2.01. The molecule has 0 spiro atoms. The molecule has 7 heteroatoms. The van der Waals surface area contributed by atoms with Gasteiger partial charge in [-0.25, -0.2) is 13.6 Å². The standard InChI is InChI=1S/C12H12N2O3S2/c1-8-2-4-10(5-3-8)14-12(15)9-6-11(18-7-9)19(13,16)17/h2-7H,1H3,(H,14,15)(H2,13,16,17). The summed E-state index contributed by atoms with van der Waals surface area (Å²) in [4.78, 5) is 11.9. The maximum atomic E-state index is 11.9. The first-order valence-electron chi connectivity index (χ1n) is 5.35. The van der Waals surface area contributed by atoms with Gasteiger partial charge in [0.05, 0.1) is 5.56 Å². The highest BCUT2D eigenvalue weighted by Crippen LogP contribution is 2.20. The molecule has 0 fully saturated rings. The number of sulfonamides is 1. The second kappa shape index (κ2) is 5.12. The molecule has 1 amide bonds. The Morgan fingerprint density at radius 3 is 2.42 bits per heavy atom. The number of carbonyl (C=O) groups is 1. The minimum atomic E-state index is -3.76. The second-order valence-electron chi connectivity index (χ2n) is 4.02. The maximum absolute atomic E-state index is 11.9. The smallest absolute Gasteiger partial charge is 0.256 e. The van der Waals surface area contributed by atoms with Crippen molar-refractivity contribution < 1.29 is 13.2 Å². The van der Waals surface area contributed by atoms with E-state index in [1.54, 1.807) is 12.1 Å². The van der Waals surface area contributed by atoms with E-state index in [1.807, 2.05) is 19.1 Å². The van der Waals surface area contributed by atoms with Crippen molar-refractivity contribution in [2.75, 3.05) is 5.32 Å². The van der Waals surface area contributed by atoms with E-state index in [0.717, 1.165) is 16.9 Å². The molecule has 100 valence electrons. The van der Waals surface area contributed by atoms with Gasteiger partial charge in [-0.3, -0.25) is 4.79 Å². The molecule has 1 aromatic carbocycles. The Morgan fingerprint density at radius 1 is 1.26 bits per heavy atom. The van der Waals surface area contributed by atoms with Gasteiger partial charge in [0.25, 0.3) is 5.91 Å². The summed E-state index contributed by atoms with van der Waals surface area (Å²) in [5, 5.41) is 9.13. The molecule has 3 N–H and O–H groups in total. The molecular weight excluding hydrogens is 284 g/mol. The third-order valence-corrected chi connectivity index (χ3v) is 4.81. The number of thiophene rings is 1.